The molecule has 0 fully saturated rings. The molecule has 4 rings (SSSR count). The molecule has 1 aliphatic heterocycles. The number of carbonyl (C=O) groups is 1. The van der Waals surface area contributed by atoms with Crippen molar-refractivity contribution in [3.8, 4) is 17.2 Å². The van der Waals surface area contributed by atoms with Crippen LogP contribution in [0.1, 0.15) is 11.3 Å². The number of ether oxygens (including phenoxy) is 2. The van der Waals surface area contributed by atoms with E-state index in [1.165, 1.54) is 5.69 Å². The predicted octanol–water partition coefficient (Wildman–Crippen LogP) is 1.99. The lowest BCUT2D eigenvalue weighted by molar-refractivity contribution is -0.677. The van der Waals surface area contributed by atoms with Crippen molar-refractivity contribution >= 4 is 16.7 Å². The molecule has 0 unspecified atom stereocenters. The molecule has 2 aromatic carbocycles. The number of phenols is 1. The van der Waals surface area contributed by atoms with Crippen LogP contribution in [-0.4, -0.2) is 24.0 Å². The fourth-order valence-electron chi connectivity index (χ4n) is 2.84. The minimum Gasteiger partial charge on any atom is -0.542 e. The van der Waals surface area contributed by atoms with Gasteiger partial charge in [0, 0.05) is 6.07 Å². The Balaban J connectivity index is 0.000000298. The van der Waals surface area contributed by atoms with Gasteiger partial charge in [-0.3, -0.25) is 0 Å². The first kappa shape index (κ1) is 20.2. The van der Waals surface area contributed by atoms with Gasteiger partial charge in [0.2, 0.25) is 6.79 Å². The van der Waals surface area contributed by atoms with Crippen LogP contribution in [0, 0.1) is 0 Å². The molecule has 0 radical (unpaired) electrons. The fourth-order valence-corrected chi connectivity index (χ4v) is 2.84. The first-order valence-corrected chi connectivity index (χ1v) is 8.42. The molecule has 0 amide bonds. The Morgan fingerprint density at radius 3 is 2.31 bits per heavy atom. The van der Waals surface area contributed by atoms with E-state index in [2.05, 4.69) is 16.8 Å². The van der Waals surface area contributed by atoms with Crippen molar-refractivity contribution in [1.29, 1.82) is 0 Å². The van der Waals surface area contributed by atoms with Gasteiger partial charge in [-0.25, -0.2) is 4.57 Å². The summed E-state index contributed by atoms with van der Waals surface area (Å²) in [5.74, 6) is -1.12. The molecule has 9 heteroatoms. The number of aryl methyl sites for hydroxylation is 1. The zero-order valence-corrected chi connectivity index (χ0v) is 15.2. The molecule has 2 heterocycles. The lowest BCUT2D eigenvalue weighted by Crippen LogP contribution is -2.37. The number of phenolic OH excluding ortho intramolecular Hbond substituents is 1. The van der Waals surface area contributed by atoms with Crippen LogP contribution >= 0.6 is 0 Å². The fraction of sp³-hybridized carbons (Fsp3) is 0.200. The van der Waals surface area contributed by atoms with E-state index in [0.29, 0.717) is 0 Å². The van der Waals surface area contributed by atoms with Crippen LogP contribution in [0.3, 0.4) is 0 Å². The van der Waals surface area contributed by atoms with E-state index in [1.54, 1.807) is 12.1 Å². The summed E-state index contributed by atoms with van der Waals surface area (Å²) in [6, 6.07) is 13.5. The second-order valence-electron chi connectivity index (χ2n) is 6.29. The number of halogens is 3. The van der Waals surface area contributed by atoms with Crippen molar-refractivity contribution in [2.75, 3.05) is 6.79 Å². The Bertz CT molecular complexity index is 1050. The number of nitrogens with zero attached hydrogens (tertiary/aromatic N) is 1. The number of rotatable bonds is 2. The summed E-state index contributed by atoms with van der Waals surface area (Å²) in [5, 5.41) is 20.5. The van der Waals surface area contributed by atoms with Gasteiger partial charge in [-0.15, -0.1) is 0 Å². The molecule has 0 saturated carbocycles. The van der Waals surface area contributed by atoms with Gasteiger partial charge in [0.15, 0.2) is 23.4 Å². The molecule has 1 aromatic heterocycles. The van der Waals surface area contributed by atoms with Gasteiger partial charge in [0.05, 0.1) is 11.8 Å². The highest BCUT2D eigenvalue weighted by molar-refractivity contribution is 5.87. The molecule has 3 aromatic rings. The molecule has 1 N–H and O–H groups in total. The number of aliphatic carboxylic acids is 1. The number of hydrogen-bond acceptors (Lipinski definition) is 5. The van der Waals surface area contributed by atoms with Crippen LogP contribution in [0.15, 0.2) is 48.7 Å². The van der Waals surface area contributed by atoms with Gasteiger partial charge in [-0.1, -0.05) is 12.1 Å². The van der Waals surface area contributed by atoms with Gasteiger partial charge in [-0.05, 0) is 35.2 Å². The van der Waals surface area contributed by atoms with Crippen molar-refractivity contribution in [1.82, 2.24) is 0 Å². The summed E-state index contributed by atoms with van der Waals surface area (Å²) in [5.41, 5.74) is 2.35. The van der Waals surface area contributed by atoms with E-state index < -0.39 is 12.1 Å². The molecule has 152 valence electrons. The summed E-state index contributed by atoms with van der Waals surface area (Å²) < 4.78 is 44.6. The van der Waals surface area contributed by atoms with Crippen LogP contribution in [0.25, 0.3) is 10.8 Å². The second kappa shape index (κ2) is 7.86. The summed E-state index contributed by atoms with van der Waals surface area (Å²) >= 11 is 0. The number of pyridine rings is 1. The Kier molecular flexibility index (Phi) is 5.49. The molecule has 0 bridgehead atoms. The van der Waals surface area contributed by atoms with Crippen molar-refractivity contribution in [3.05, 3.63) is 59.9 Å². The molecule has 0 atom stereocenters. The van der Waals surface area contributed by atoms with Crippen molar-refractivity contribution < 1.29 is 42.2 Å². The molecule has 0 saturated heterocycles. The Morgan fingerprint density at radius 1 is 1.14 bits per heavy atom. The summed E-state index contributed by atoms with van der Waals surface area (Å²) in [6.07, 6.45) is -2.35. The van der Waals surface area contributed by atoms with E-state index in [-0.39, 0.29) is 12.5 Å². The summed E-state index contributed by atoms with van der Waals surface area (Å²) in [6.45, 7) is 0.283. The maximum absolute atomic E-state index is 10.5. The molecule has 0 aliphatic carbocycles. The number of carboxylic acid groups (broad SMARTS) is 1. The molecule has 0 spiro atoms. The van der Waals surface area contributed by atoms with Crippen LogP contribution in [0.4, 0.5) is 13.2 Å². The zero-order chi connectivity index (χ0) is 21.2. The topological polar surface area (TPSA) is 82.7 Å². The van der Waals surface area contributed by atoms with Crippen LogP contribution < -0.4 is 19.1 Å². The second-order valence-corrected chi connectivity index (χ2v) is 6.29. The number of aromatic hydroxyl groups is 1. The van der Waals surface area contributed by atoms with Crippen LogP contribution in [0.5, 0.6) is 17.2 Å². The largest absolute Gasteiger partial charge is 0.542 e. The Hall–Kier alpha value is -3.49. The third-order valence-corrected chi connectivity index (χ3v) is 4.30. The van der Waals surface area contributed by atoms with E-state index in [1.807, 2.05) is 31.3 Å². The number of carbonyl (C=O) groups excluding carboxylic acids is 1. The van der Waals surface area contributed by atoms with E-state index in [4.69, 9.17) is 19.4 Å². The van der Waals surface area contributed by atoms with E-state index >= 15 is 0 Å². The minimum absolute atomic E-state index is 0.283. The van der Waals surface area contributed by atoms with Crippen molar-refractivity contribution in [3.63, 3.8) is 0 Å². The van der Waals surface area contributed by atoms with E-state index in [0.717, 1.165) is 34.3 Å². The Labute approximate surface area is 163 Å². The Morgan fingerprint density at radius 2 is 1.72 bits per heavy atom. The molecule has 29 heavy (non-hydrogen) atoms. The molecular formula is C20H16F3NO5. The quantitative estimate of drug-likeness (QED) is 0.657. The predicted molar refractivity (Wildman–Crippen MR) is 93.2 cm³/mol. The highest BCUT2D eigenvalue weighted by atomic mass is 19.4. The average Bonchev–Trinajstić information content (AvgIpc) is 3.11. The number of hydrogen-bond donors (Lipinski definition) is 1. The molecular weight excluding hydrogens is 391 g/mol. The highest BCUT2D eigenvalue weighted by Gasteiger charge is 2.28. The maximum atomic E-state index is 10.5. The number of alkyl halides is 3. The van der Waals surface area contributed by atoms with Gasteiger partial charge in [0.1, 0.15) is 18.8 Å². The summed E-state index contributed by atoms with van der Waals surface area (Å²) in [7, 11) is 2.04. The maximum Gasteiger partial charge on any atom is 0.430 e. The third-order valence-electron chi connectivity index (χ3n) is 4.30. The van der Waals surface area contributed by atoms with Gasteiger partial charge >= 0.3 is 6.18 Å². The monoisotopic (exact) mass is 407 g/mol. The lowest BCUT2D eigenvalue weighted by atomic mass is 10.0. The normalized spacial score (nSPS) is 12.4. The number of carboxylic acids is 1. The standard InChI is InChI=1S/C18H15NO3.C2HF3O2/c1-19-7-6-13-9-17-18(22-11-21-17)10-15(13)16(19)8-12-2-4-14(20)5-3-12;3-2(4,5)1(6)7/h2-7,9-10H,8,11H2,1H3;(H,6,7). The first-order chi connectivity index (χ1) is 13.6. The smallest absolute Gasteiger partial charge is 0.430 e. The van der Waals surface area contributed by atoms with E-state index in [9.17, 15) is 18.3 Å². The lowest BCUT2D eigenvalue weighted by Gasteiger charge is -2.07. The highest BCUT2D eigenvalue weighted by Crippen LogP contribution is 2.36. The van der Waals surface area contributed by atoms with Crippen molar-refractivity contribution in [2.45, 2.75) is 12.6 Å². The minimum atomic E-state index is -5.19. The molecule has 6 nitrogen and oxygen atoms in total. The zero-order valence-electron chi connectivity index (χ0n) is 15.2. The van der Waals surface area contributed by atoms with Crippen molar-refractivity contribution in [2.24, 2.45) is 7.05 Å². The SMILES string of the molecule is C[n+]1ccc2cc3c(cc2c1Cc1ccc(O)cc1)OCO3.O=C([O-])C(F)(F)F. The van der Waals surface area contributed by atoms with Gasteiger partial charge < -0.3 is 24.5 Å². The number of fused-ring (bicyclic) bond motifs is 2. The third kappa shape index (κ3) is 4.68. The number of aromatic nitrogens is 1. The summed E-state index contributed by atoms with van der Waals surface area (Å²) in [4.78, 5) is 8.78. The average molecular weight is 407 g/mol. The first-order valence-electron chi connectivity index (χ1n) is 8.42. The van der Waals surface area contributed by atoms with Gasteiger partial charge in [0.25, 0.3) is 0 Å². The number of benzene rings is 2. The van der Waals surface area contributed by atoms with Gasteiger partial charge in [-0.2, -0.15) is 13.2 Å². The van der Waals surface area contributed by atoms with Crippen LogP contribution in [-0.2, 0) is 18.3 Å². The van der Waals surface area contributed by atoms with Crippen LogP contribution in [0.2, 0.25) is 0 Å². The molecule has 1 aliphatic rings.